The monoisotopic (exact) mass is 393 g/mol. The number of quaternary nitrogens is 1. The van der Waals surface area contributed by atoms with E-state index in [1.807, 2.05) is 0 Å². The molecule has 1 aromatic rings. The number of aromatic nitrogens is 2. The number of carbonyl (C=O) groups is 3. The van der Waals surface area contributed by atoms with Gasteiger partial charge in [0.05, 0.1) is 12.6 Å². The van der Waals surface area contributed by atoms with Crippen molar-refractivity contribution in [3.8, 4) is 5.88 Å². The number of hydrogen-bond donors (Lipinski definition) is 2. The van der Waals surface area contributed by atoms with E-state index in [1.165, 1.54) is 0 Å². The van der Waals surface area contributed by atoms with Crippen molar-refractivity contribution in [2.24, 2.45) is 14.1 Å². The topological polar surface area (TPSA) is 236 Å². The quantitative estimate of drug-likeness (QED) is 0.437. The van der Waals surface area contributed by atoms with Crippen molar-refractivity contribution >= 4 is 17.8 Å². The average molecular weight is 393 g/mol. The highest BCUT2D eigenvalue weighted by Gasteiger charge is 2.57. The van der Waals surface area contributed by atoms with Gasteiger partial charge in [-0.3, -0.25) is 28.8 Å². The van der Waals surface area contributed by atoms with Gasteiger partial charge in [-0.15, -0.1) is 0 Å². The second-order valence-corrected chi connectivity index (χ2v) is 5.11. The predicted octanol–water partition coefficient (Wildman–Crippen LogP) is -6.40. The number of barbiturate groups is 1. The summed E-state index contributed by atoms with van der Waals surface area (Å²) in [5.74, 6) is -4.18. The van der Waals surface area contributed by atoms with Crippen LogP contribution in [0.15, 0.2) is 9.59 Å². The molecule has 0 aliphatic carbocycles. The van der Waals surface area contributed by atoms with Crippen molar-refractivity contribution in [2.75, 3.05) is 21.1 Å². The van der Waals surface area contributed by atoms with E-state index >= 15 is 0 Å². The van der Waals surface area contributed by atoms with Gasteiger partial charge in [0.25, 0.3) is 23.0 Å². The van der Waals surface area contributed by atoms with Gasteiger partial charge in [-0.05, 0) is 5.88 Å². The summed E-state index contributed by atoms with van der Waals surface area (Å²) in [5, 5.41) is 22.8. The van der Waals surface area contributed by atoms with Gasteiger partial charge in [-0.25, -0.2) is 9.59 Å². The van der Waals surface area contributed by atoms with Crippen LogP contribution in [0.4, 0.5) is 4.79 Å². The van der Waals surface area contributed by atoms with Crippen LogP contribution in [0, 0.1) is 0 Å². The Hall–Kier alpha value is -3.07. The molecule has 0 saturated carbocycles. The SMILES string of the molecule is CN1C(=O)N(C)C(=O)C(O)(c2c([O-])n(C)c(=O)n(C)c2=O)C1=O.C[NH3+].O.O. The van der Waals surface area contributed by atoms with Gasteiger partial charge < -0.3 is 31.5 Å². The first-order valence-electron chi connectivity index (χ1n) is 6.98. The number of amides is 4. The number of likely N-dealkylation sites (N-methyl/N-ethyl adjacent to an activating group) is 2. The van der Waals surface area contributed by atoms with Gasteiger partial charge in [0.1, 0.15) is 0 Å². The van der Waals surface area contributed by atoms with Gasteiger partial charge in [-0.2, -0.15) is 0 Å². The second-order valence-electron chi connectivity index (χ2n) is 5.11. The van der Waals surface area contributed by atoms with Gasteiger partial charge >= 0.3 is 11.7 Å². The molecule has 0 radical (unpaired) electrons. The fraction of sp³-hybridized carbons (Fsp3) is 0.462. The highest BCUT2D eigenvalue weighted by atomic mass is 16.3. The number of imide groups is 2. The fourth-order valence-electron chi connectivity index (χ4n) is 2.32. The Morgan fingerprint density at radius 3 is 1.59 bits per heavy atom. The molecule has 0 spiro atoms. The van der Waals surface area contributed by atoms with Crippen molar-refractivity contribution in [1.82, 2.24) is 18.9 Å². The lowest BCUT2D eigenvalue weighted by Gasteiger charge is -2.39. The average Bonchev–Trinajstić information content (AvgIpc) is 2.62. The third-order valence-electron chi connectivity index (χ3n) is 3.77. The predicted molar refractivity (Wildman–Crippen MR) is 87.2 cm³/mol. The molecule has 1 aliphatic rings. The molecular formula is C13H23N5O9. The van der Waals surface area contributed by atoms with E-state index in [9.17, 15) is 34.2 Å². The molecule has 2 heterocycles. The van der Waals surface area contributed by atoms with Crippen LogP contribution in [-0.2, 0) is 29.3 Å². The normalized spacial score (nSPS) is 15.4. The van der Waals surface area contributed by atoms with E-state index in [1.54, 1.807) is 7.05 Å². The van der Waals surface area contributed by atoms with Crippen molar-refractivity contribution < 1.29 is 41.3 Å². The molecule has 8 N–H and O–H groups in total. The molecule has 27 heavy (non-hydrogen) atoms. The van der Waals surface area contributed by atoms with E-state index in [0.29, 0.717) is 18.9 Å². The summed E-state index contributed by atoms with van der Waals surface area (Å²) in [4.78, 5) is 60.9. The summed E-state index contributed by atoms with van der Waals surface area (Å²) in [6.07, 6.45) is 0. The van der Waals surface area contributed by atoms with Crippen LogP contribution >= 0.6 is 0 Å². The largest absolute Gasteiger partial charge is 0.860 e. The zero-order valence-electron chi connectivity index (χ0n) is 15.4. The molecule has 1 saturated heterocycles. The van der Waals surface area contributed by atoms with E-state index in [0.717, 1.165) is 28.2 Å². The van der Waals surface area contributed by atoms with Crippen LogP contribution in [0.5, 0.6) is 5.88 Å². The Balaban J connectivity index is 0. The number of aliphatic hydroxyl groups is 1. The molecule has 2 rings (SSSR count). The second kappa shape index (κ2) is 8.54. The maximum Gasteiger partial charge on any atom is 0.333 e. The third-order valence-corrected chi connectivity index (χ3v) is 3.77. The lowest BCUT2D eigenvalue weighted by atomic mass is 9.90. The Kier molecular flexibility index (Phi) is 8.28. The Bertz CT molecular complexity index is 848. The summed E-state index contributed by atoms with van der Waals surface area (Å²) >= 11 is 0. The number of hydrogen-bond acceptors (Lipinski definition) is 7. The standard InChI is InChI=1S/C12H14N4O7.CH5N.2H2O/c1-13-6(17)5(7(18)14(2)10(13)21)12(23)8(19)15(3)11(22)16(4)9(12)20;1-2;;/h17,23H,1-4H3;2H2,1H3;2*1H2. The molecule has 0 atom stereocenters. The third kappa shape index (κ3) is 3.33. The Labute approximate surface area is 152 Å². The molecule has 154 valence electrons. The minimum atomic E-state index is -3.19. The molecule has 0 unspecified atom stereocenters. The summed E-state index contributed by atoms with van der Waals surface area (Å²) in [6.45, 7) is 0. The van der Waals surface area contributed by atoms with E-state index in [4.69, 9.17) is 0 Å². The lowest BCUT2D eigenvalue weighted by molar-refractivity contribution is -0.325. The fourth-order valence-corrected chi connectivity index (χ4v) is 2.32. The first-order valence-corrected chi connectivity index (χ1v) is 6.98. The highest BCUT2D eigenvalue weighted by molar-refractivity contribution is 6.21. The minimum absolute atomic E-state index is 0. The van der Waals surface area contributed by atoms with Crippen LogP contribution in [0.2, 0.25) is 0 Å². The van der Waals surface area contributed by atoms with Gasteiger partial charge in [0.2, 0.25) is 0 Å². The highest BCUT2D eigenvalue weighted by Crippen LogP contribution is 2.31. The van der Waals surface area contributed by atoms with Gasteiger partial charge in [0.15, 0.2) is 0 Å². The lowest BCUT2D eigenvalue weighted by Crippen LogP contribution is -2.67. The molecule has 14 heteroatoms. The van der Waals surface area contributed by atoms with Crippen molar-refractivity contribution in [3.63, 3.8) is 0 Å². The van der Waals surface area contributed by atoms with Gasteiger partial charge in [0, 0.05) is 28.2 Å². The molecule has 1 aromatic heterocycles. The summed E-state index contributed by atoms with van der Waals surface area (Å²) in [5.41, 5.74) is -3.32. The molecular weight excluding hydrogens is 370 g/mol. The Morgan fingerprint density at radius 1 is 0.852 bits per heavy atom. The number of nitrogens with zero attached hydrogens (tertiary/aromatic N) is 4. The molecule has 14 nitrogen and oxygen atoms in total. The molecule has 0 aromatic carbocycles. The molecule has 0 bridgehead atoms. The van der Waals surface area contributed by atoms with Crippen LogP contribution in [0.1, 0.15) is 5.56 Å². The minimum Gasteiger partial charge on any atom is -0.860 e. The number of carbonyl (C=O) groups excluding carboxylic acids is 3. The van der Waals surface area contributed by atoms with Crippen LogP contribution in [0.25, 0.3) is 0 Å². The first kappa shape index (κ1) is 26.2. The first-order chi connectivity index (χ1) is 11.5. The van der Waals surface area contributed by atoms with Gasteiger partial charge in [-0.1, -0.05) is 0 Å². The van der Waals surface area contributed by atoms with E-state index < -0.39 is 46.1 Å². The zero-order valence-corrected chi connectivity index (χ0v) is 15.4. The summed E-state index contributed by atoms with van der Waals surface area (Å²) < 4.78 is 0.956. The Morgan fingerprint density at radius 2 is 1.22 bits per heavy atom. The van der Waals surface area contributed by atoms with Crippen LogP contribution < -0.4 is 22.1 Å². The van der Waals surface area contributed by atoms with Crippen LogP contribution in [0.3, 0.4) is 0 Å². The number of rotatable bonds is 1. The summed E-state index contributed by atoms with van der Waals surface area (Å²) in [6, 6.07) is -1.03. The smallest absolute Gasteiger partial charge is 0.333 e. The van der Waals surface area contributed by atoms with Crippen molar-refractivity contribution in [1.29, 1.82) is 0 Å². The van der Waals surface area contributed by atoms with Crippen molar-refractivity contribution in [2.45, 2.75) is 5.60 Å². The van der Waals surface area contributed by atoms with E-state index in [2.05, 4.69) is 5.73 Å². The molecule has 1 fully saturated rings. The van der Waals surface area contributed by atoms with Crippen molar-refractivity contribution in [3.05, 3.63) is 26.4 Å². The maximum atomic E-state index is 12.3. The molecule has 4 amide bonds. The van der Waals surface area contributed by atoms with E-state index in [-0.39, 0.29) is 11.0 Å². The summed E-state index contributed by atoms with van der Waals surface area (Å²) in [7, 11) is 5.76. The molecule has 1 aliphatic heterocycles. The van der Waals surface area contributed by atoms with Crippen LogP contribution in [-0.4, -0.2) is 74.0 Å². The number of urea groups is 1. The zero-order chi connectivity index (χ0) is 19.9. The maximum absolute atomic E-state index is 12.3.